The van der Waals surface area contributed by atoms with Crippen molar-refractivity contribution in [2.75, 3.05) is 5.32 Å². The summed E-state index contributed by atoms with van der Waals surface area (Å²) in [5, 5.41) is 3.03. The van der Waals surface area contributed by atoms with E-state index in [1.165, 1.54) is 30.4 Å². The van der Waals surface area contributed by atoms with E-state index in [4.69, 9.17) is 0 Å². The molecule has 1 aromatic carbocycles. The maximum atomic E-state index is 12.6. The molecule has 3 aliphatic carbocycles. The highest BCUT2D eigenvalue weighted by molar-refractivity contribution is 6.05. The van der Waals surface area contributed by atoms with Crippen molar-refractivity contribution < 1.29 is 4.79 Å². The van der Waals surface area contributed by atoms with E-state index in [1.807, 2.05) is 13.0 Å². The molecule has 0 bridgehead atoms. The fraction of sp³-hybridized carbons (Fsp3) is 0.333. The van der Waals surface area contributed by atoms with Gasteiger partial charge in [-0.25, -0.2) is 0 Å². The first-order chi connectivity index (χ1) is 11.7. The highest BCUT2D eigenvalue weighted by atomic mass is 16.1. The number of allylic oxidation sites excluding steroid dienone is 1. The number of nitrogens with zero attached hydrogens (tertiary/aromatic N) is 1. The zero-order valence-electron chi connectivity index (χ0n) is 13.8. The van der Waals surface area contributed by atoms with Crippen LogP contribution >= 0.6 is 0 Å². The molecule has 2 unspecified atom stereocenters. The quantitative estimate of drug-likeness (QED) is 0.895. The van der Waals surface area contributed by atoms with Crippen molar-refractivity contribution in [1.82, 2.24) is 4.98 Å². The molecule has 1 amide bonds. The number of fused-ring (bicyclic) bond motifs is 3. The number of anilines is 1. The van der Waals surface area contributed by atoms with Crippen LogP contribution in [0, 0.1) is 12.8 Å². The third kappa shape index (κ3) is 2.35. The van der Waals surface area contributed by atoms with Crippen LogP contribution in [0.25, 0.3) is 6.08 Å². The zero-order chi connectivity index (χ0) is 16.3. The Morgan fingerprint density at radius 3 is 2.92 bits per heavy atom. The minimum Gasteiger partial charge on any atom is -0.321 e. The van der Waals surface area contributed by atoms with Crippen LogP contribution in [0.15, 0.2) is 36.5 Å². The smallest absolute Gasteiger partial charge is 0.255 e. The number of hydrogen-bond donors (Lipinski definition) is 1. The first-order valence-electron chi connectivity index (χ1n) is 8.79. The lowest BCUT2D eigenvalue weighted by molar-refractivity contribution is 0.102. The van der Waals surface area contributed by atoms with Crippen LogP contribution in [0.4, 0.5) is 5.69 Å². The van der Waals surface area contributed by atoms with Gasteiger partial charge in [-0.05, 0) is 78.8 Å². The Morgan fingerprint density at radius 1 is 1.25 bits per heavy atom. The summed E-state index contributed by atoms with van der Waals surface area (Å²) in [5.74, 6) is 1.96. The molecule has 0 saturated heterocycles. The maximum Gasteiger partial charge on any atom is 0.255 e. The van der Waals surface area contributed by atoms with Crippen molar-refractivity contribution in [1.29, 1.82) is 0 Å². The molecule has 0 aliphatic heterocycles. The van der Waals surface area contributed by atoms with Gasteiger partial charge in [-0.3, -0.25) is 9.78 Å². The van der Waals surface area contributed by atoms with Crippen LogP contribution in [0.2, 0.25) is 0 Å². The Hall–Kier alpha value is -2.42. The van der Waals surface area contributed by atoms with Crippen LogP contribution in [-0.4, -0.2) is 10.9 Å². The standard InChI is InChI=1S/C21H20N2O/c1-12-8-14(13-2-3-13)4-6-17(12)21(24)23-16-10-19-18-9-15(18)5-7-20(19)22-11-16/h4-8,10-11,13,15,18H,2-3,9H2,1H3,(H,23,24). The summed E-state index contributed by atoms with van der Waals surface area (Å²) < 4.78 is 0. The fourth-order valence-corrected chi connectivity index (χ4v) is 3.81. The highest BCUT2D eigenvalue weighted by Crippen LogP contribution is 2.52. The number of hydrogen-bond acceptors (Lipinski definition) is 2. The number of carbonyl (C=O) groups excluding carboxylic acids is 1. The van der Waals surface area contributed by atoms with E-state index in [-0.39, 0.29) is 5.91 Å². The van der Waals surface area contributed by atoms with Crippen molar-refractivity contribution >= 4 is 17.7 Å². The Balaban J connectivity index is 1.39. The SMILES string of the molecule is Cc1cc(C2CC2)ccc1C(=O)Nc1cnc2c(c1)C1CC1C=C2. The molecule has 2 atom stereocenters. The number of aromatic nitrogens is 1. The third-order valence-electron chi connectivity index (χ3n) is 5.49. The van der Waals surface area contributed by atoms with Crippen molar-refractivity contribution in [2.24, 2.45) is 5.92 Å². The molecule has 3 nitrogen and oxygen atoms in total. The number of carbonyl (C=O) groups is 1. The third-order valence-corrected chi connectivity index (χ3v) is 5.49. The number of aryl methyl sites for hydroxylation is 1. The van der Waals surface area contributed by atoms with Gasteiger partial charge in [-0.15, -0.1) is 0 Å². The van der Waals surface area contributed by atoms with Crippen LogP contribution in [0.5, 0.6) is 0 Å². The number of pyridine rings is 1. The lowest BCUT2D eigenvalue weighted by Crippen LogP contribution is -2.14. The monoisotopic (exact) mass is 316 g/mol. The summed E-state index contributed by atoms with van der Waals surface area (Å²) in [4.78, 5) is 17.1. The topological polar surface area (TPSA) is 42.0 Å². The lowest BCUT2D eigenvalue weighted by Gasteiger charge is -2.13. The van der Waals surface area contributed by atoms with Gasteiger partial charge in [0.05, 0.1) is 17.6 Å². The van der Waals surface area contributed by atoms with Crippen LogP contribution in [-0.2, 0) is 0 Å². The van der Waals surface area contributed by atoms with Crippen molar-refractivity contribution in [3.8, 4) is 0 Å². The molecule has 0 radical (unpaired) electrons. The molecule has 1 N–H and O–H groups in total. The van der Waals surface area contributed by atoms with Crippen molar-refractivity contribution in [2.45, 2.75) is 38.0 Å². The zero-order valence-corrected chi connectivity index (χ0v) is 13.8. The maximum absolute atomic E-state index is 12.6. The molecule has 24 heavy (non-hydrogen) atoms. The second-order valence-electron chi connectivity index (χ2n) is 7.37. The Kier molecular flexibility index (Phi) is 2.93. The molecule has 2 saturated carbocycles. The minimum atomic E-state index is -0.0460. The van der Waals surface area contributed by atoms with Gasteiger partial charge in [0.1, 0.15) is 0 Å². The Labute approximate surface area is 141 Å². The van der Waals surface area contributed by atoms with Crippen molar-refractivity contribution in [3.05, 3.63) is 64.5 Å². The van der Waals surface area contributed by atoms with Gasteiger partial charge in [0.15, 0.2) is 0 Å². The molecular formula is C21H20N2O. The van der Waals surface area contributed by atoms with Gasteiger partial charge < -0.3 is 5.32 Å². The molecule has 2 fully saturated rings. The van der Waals surface area contributed by atoms with Gasteiger partial charge in [-0.1, -0.05) is 18.2 Å². The molecule has 0 spiro atoms. The molecule has 120 valence electrons. The van der Waals surface area contributed by atoms with Gasteiger partial charge >= 0.3 is 0 Å². The average Bonchev–Trinajstić information content (AvgIpc) is 3.47. The summed E-state index contributed by atoms with van der Waals surface area (Å²) in [6.45, 7) is 2.02. The predicted molar refractivity (Wildman–Crippen MR) is 95.2 cm³/mol. The molecule has 5 rings (SSSR count). The summed E-state index contributed by atoms with van der Waals surface area (Å²) in [6.07, 6.45) is 9.89. The minimum absolute atomic E-state index is 0.0460. The molecule has 1 aromatic heterocycles. The van der Waals surface area contributed by atoms with Gasteiger partial charge in [0, 0.05) is 5.56 Å². The molecular weight excluding hydrogens is 296 g/mol. The molecule has 3 heteroatoms. The van der Waals surface area contributed by atoms with E-state index in [0.29, 0.717) is 17.8 Å². The number of rotatable bonds is 3. The number of amides is 1. The summed E-state index contributed by atoms with van der Waals surface area (Å²) in [7, 11) is 0. The first-order valence-corrected chi connectivity index (χ1v) is 8.79. The molecule has 1 heterocycles. The highest BCUT2D eigenvalue weighted by Gasteiger charge is 2.40. The van der Waals surface area contributed by atoms with E-state index in [2.05, 4.69) is 40.7 Å². The average molecular weight is 316 g/mol. The van der Waals surface area contributed by atoms with E-state index in [0.717, 1.165) is 22.5 Å². The Morgan fingerprint density at radius 2 is 2.12 bits per heavy atom. The second-order valence-corrected chi connectivity index (χ2v) is 7.37. The van der Waals surface area contributed by atoms with Gasteiger partial charge in [0.2, 0.25) is 0 Å². The van der Waals surface area contributed by atoms with Gasteiger partial charge in [-0.2, -0.15) is 0 Å². The summed E-state index contributed by atoms with van der Waals surface area (Å²) in [6, 6.07) is 8.33. The Bertz CT molecular complexity index is 879. The van der Waals surface area contributed by atoms with Crippen LogP contribution in [0.3, 0.4) is 0 Å². The molecule has 2 aromatic rings. The summed E-state index contributed by atoms with van der Waals surface area (Å²) >= 11 is 0. The van der Waals surface area contributed by atoms with E-state index >= 15 is 0 Å². The fourth-order valence-electron chi connectivity index (χ4n) is 3.81. The number of benzene rings is 1. The first kappa shape index (κ1) is 14.0. The molecule has 3 aliphatic rings. The van der Waals surface area contributed by atoms with Crippen LogP contribution in [0.1, 0.15) is 63.8 Å². The van der Waals surface area contributed by atoms with Crippen molar-refractivity contribution in [3.63, 3.8) is 0 Å². The van der Waals surface area contributed by atoms with E-state index in [9.17, 15) is 4.79 Å². The normalized spacial score (nSPS) is 23.4. The number of nitrogens with one attached hydrogen (secondary N) is 1. The van der Waals surface area contributed by atoms with E-state index in [1.54, 1.807) is 6.20 Å². The largest absolute Gasteiger partial charge is 0.321 e. The van der Waals surface area contributed by atoms with Crippen LogP contribution < -0.4 is 5.32 Å². The summed E-state index contributed by atoms with van der Waals surface area (Å²) in [5.41, 5.74) is 6.29. The van der Waals surface area contributed by atoms with Gasteiger partial charge in [0.25, 0.3) is 5.91 Å². The second kappa shape index (κ2) is 5.04. The van der Waals surface area contributed by atoms with E-state index < -0.39 is 0 Å². The lowest BCUT2D eigenvalue weighted by atomic mass is 10.0. The predicted octanol–water partition coefficient (Wildman–Crippen LogP) is 4.65.